The van der Waals surface area contributed by atoms with E-state index < -0.39 is 5.97 Å². The minimum atomic E-state index is -0.432. The van der Waals surface area contributed by atoms with Crippen LogP contribution in [0.1, 0.15) is 28.8 Å². The van der Waals surface area contributed by atoms with Crippen LogP contribution in [0.5, 0.6) is 0 Å². The van der Waals surface area contributed by atoms with Gasteiger partial charge < -0.3 is 10.1 Å². The number of carbonyl (C=O) groups excluding carboxylic acids is 3. The fourth-order valence-corrected chi connectivity index (χ4v) is 1.42. The number of hydrogen-bond donors (Lipinski definition) is 1. The maximum Gasteiger partial charge on any atom is 0.305 e. The maximum atomic E-state index is 11.7. The molecule has 5 nitrogen and oxygen atoms in total. The number of amides is 1. The second-order valence-corrected chi connectivity index (χ2v) is 4.16. The van der Waals surface area contributed by atoms with E-state index in [9.17, 15) is 14.4 Å². The van der Waals surface area contributed by atoms with E-state index in [1.165, 1.54) is 7.11 Å². The van der Waals surface area contributed by atoms with Crippen molar-refractivity contribution in [3.05, 3.63) is 35.4 Å². The van der Waals surface area contributed by atoms with Crippen LogP contribution in [0.15, 0.2) is 24.3 Å². The summed E-state index contributed by atoms with van der Waals surface area (Å²) >= 11 is 0. The Hall–Kier alpha value is -2.17. The third kappa shape index (κ3) is 5.33. The normalized spacial score (nSPS) is 9.79. The zero-order valence-electron chi connectivity index (χ0n) is 11.1. The van der Waals surface area contributed by atoms with Gasteiger partial charge in [0.25, 0.3) is 5.91 Å². The quantitative estimate of drug-likeness (QED) is 0.784. The van der Waals surface area contributed by atoms with E-state index in [-0.39, 0.29) is 31.1 Å². The van der Waals surface area contributed by atoms with Crippen molar-refractivity contribution in [1.29, 1.82) is 0 Å². The molecule has 1 rings (SSSR count). The third-order valence-corrected chi connectivity index (χ3v) is 2.60. The highest BCUT2D eigenvalue weighted by molar-refractivity contribution is 5.97. The number of esters is 1. The molecule has 102 valence electrons. The smallest absolute Gasteiger partial charge is 0.305 e. The van der Waals surface area contributed by atoms with Gasteiger partial charge in [-0.2, -0.15) is 0 Å². The van der Waals surface area contributed by atoms with Crippen molar-refractivity contribution in [1.82, 2.24) is 5.32 Å². The van der Waals surface area contributed by atoms with Crippen LogP contribution >= 0.6 is 0 Å². The Balaban J connectivity index is 2.36. The minimum Gasteiger partial charge on any atom is -0.469 e. The summed E-state index contributed by atoms with van der Waals surface area (Å²) in [6, 6.07) is 7.05. The topological polar surface area (TPSA) is 72.5 Å². The van der Waals surface area contributed by atoms with Gasteiger partial charge in [-0.15, -0.1) is 0 Å². The van der Waals surface area contributed by atoms with Crippen LogP contribution in [-0.4, -0.2) is 31.3 Å². The first-order valence-corrected chi connectivity index (χ1v) is 5.96. The van der Waals surface area contributed by atoms with Gasteiger partial charge in [-0.3, -0.25) is 14.4 Å². The Morgan fingerprint density at radius 1 is 1.11 bits per heavy atom. The molecular weight excluding hydrogens is 246 g/mol. The predicted molar refractivity (Wildman–Crippen MR) is 69.8 cm³/mol. The standard InChI is InChI=1S/C14H17NO4/c1-10-3-5-11(6-4-10)14(18)15-9-12(16)7-8-13(17)19-2/h3-6H,7-9H2,1-2H3,(H,15,18). The summed E-state index contributed by atoms with van der Waals surface area (Å²) in [5.74, 6) is -0.935. The van der Waals surface area contributed by atoms with Crippen LogP contribution in [0.25, 0.3) is 0 Å². The lowest BCUT2D eigenvalue weighted by atomic mass is 10.1. The van der Waals surface area contributed by atoms with E-state index in [1.54, 1.807) is 12.1 Å². The van der Waals surface area contributed by atoms with Crippen LogP contribution < -0.4 is 5.32 Å². The molecule has 0 atom stereocenters. The summed E-state index contributed by atoms with van der Waals surface area (Å²) in [5, 5.41) is 2.52. The number of ether oxygens (including phenoxy) is 1. The van der Waals surface area contributed by atoms with Gasteiger partial charge in [0.15, 0.2) is 5.78 Å². The SMILES string of the molecule is COC(=O)CCC(=O)CNC(=O)c1ccc(C)cc1. The van der Waals surface area contributed by atoms with Gasteiger partial charge in [0.05, 0.1) is 20.1 Å². The second-order valence-electron chi connectivity index (χ2n) is 4.16. The lowest BCUT2D eigenvalue weighted by Crippen LogP contribution is -2.29. The lowest BCUT2D eigenvalue weighted by Gasteiger charge is -2.04. The Kier molecular flexibility index (Phi) is 5.73. The van der Waals surface area contributed by atoms with Crippen LogP contribution in [0.4, 0.5) is 0 Å². The fourth-order valence-electron chi connectivity index (χ4n) is 1.42. The maximum absolute atomic E-state index is 11.7. The summed E-state index contributed by atoms with van der Waals surface area (Å²) in [6.07, 6.45) is 0.108. The molecule has 0 heterocycles. The van der Waals surface area contributed by atoms with Gasteiger partial charge in [0, 0.05) is 12.0 Å². The first-order valence-electron chi connectivity index (χ1n) is 5.96. The van der Waals surface area contributed by atoms with Gasteiger partial charge in [0.1, 0.15) is 0 Å². The van der Waals surface area contributed by atoms with Crippen molar-refractivity contribution in [3.63, 3.8) is 0 Å². The Morgan fingerprint density at radius 2 is 1.74 bits per heavy atom. The molecule has 0 saturated heterocycles. The minimum absolute atomic E-state index is 0.0374. The van der Waals surface area contributed by atoms with Gasteiger partial charge >= 0.3 is 5.97 Å². The Labute approximate surface area is 111 Å². The highest BCUT2D eigenvalue weighted by atomic mass is 16.5. The van der Waals surface area contributed by atoms with Gasteiger partial charge in [-0.25, -0.2) is 0 Å². The molecule has 0 saturated carbocycles. The highest BCUT2D eigenvalue weighted by Crippen LogP contribution is 2.02. The molecule has 0 spiro atoms. The lowest BCUT2D eigenvalue weighted by molar-refractivity contribution is -0.141. The number of rotatable bonds is 6. The van der Waals surface area contributed by atoms with Crippen molar-refractivity contribution in [2.45, 2.75) is 19.8 Å². The van der Waals surface area contributed by atoms with Crippen molar-refractivity contribution in [2.24, 2.45) is 0 Å². The number of carbonyl (C=O) groups is 3. The van der Waals surface area contributed by atoms with Crippen molar-refractivity contribution < 1.29 is 19.1 Å². The number of benzene rings is 1. The fraction of sp³-hybridized carbons (Fsp3) is 0.357. The number of nitrogens with one attached hydrogen (secondary N) is 1. The van der Waals surface area contributed by atoms with Crippen LogP contribution in [0.3, 0.4) is 0 Å². The first-order chi connectivity index (χ1) is 9.02. The van der Waals surface area contributed by atoms with Crippen LogP contribution in [0.2, 0.25) is 0 Å². The van der Waals surface area contributed by atoms with Crippen LogP contribution in [0, 0.1) is 6.92 Å². The molecule has 1 N–H and O–H groups in total. The number of Topliss-reactive ketones (excluding diaryl/α,β-unsaturated/α-hetero) is 1. The van der Waals surface area contributed by atoms with Gasteiger partial charge in [-0.1, -0.05) is 17.7 Å². The van der Waals surface area contributed by atoms with Crippen molar-refractivity contribution >= 4 is 17.7 Å². The molecule has 0 aromatic heterocycles. The largest absolute Gasteiger partial charge is 0.469 e. The monoisotopic (exact) mass is 263 g/mol. The number of aryl methyl sites for hydroxylation is 1. The zero-order valence-corrected chi connectivity index (χ0v) is 11.1. The van der Waals surface area contributed by atoms with Gasteiger partial charge in [0.2, 0.25) is 0 Å². The molecule has 1 aromatic carbocycles. The van der Waals surface area contributed by atoms with E-state index in [2.05, 4.69) is 10.1 Å². The molecule has 0 aliphatic rings. The molecule has 1 aromatic rings. The van der Waals surface area contributed by atoms with E-state index in [1.807, 2.05) is 19.1 Å². The van der Waals surface area contributed by atoms with Crippen molar-refractivity contribution in [2.75, 3.05) is 13.7 Å². The predicted octanol–water partition coefficient (Wildman–Crippen LogP) is 1.25. The molecule has 0 aliphatic heterocycles. The molecular formula is C14H17NO4. The first kappa shape index (κ1) is 14.9. The molecule has 0 bridgehead atoms. The summed E-state index contributed by atoms with van der Waals surface area (Å²) in [6.45, 7) is 1.85. The van der Waals surface area contributed by atoms with E-state index in [4.69, 9.17) is 0 Å². The molecule has 0 unspecified atom stereocenters. The average molecular weight is 263 g/mol. The number of methoxy groups -OCH3 is 1. The number of hydrogen-bond acceptors (Lipinski definition) is 4. The second kappa shape index (κ2) is 7.31. The summed E-state index contributed by atoms with van der Waals surface area (Å²) in [5.41, 5.74) is 1.57. The third-order valence-electron chi connectivity index (χ3n) is 2.60. The van der Waals surface area contributed by atoms with Gasteiger partial charge in [-0.05, 0) is 19.1 Å². The highest BCUT2D eigenvalue weighted by Gasteiger charge is 2.09. The van der Waals surface area contributed by atoms with Crippen LogP contribution in [-0.2, 0) is 14.3 Å². The van der Waals surface area contributed by atoms with E-state index >= 15 is 0 Å². The molecule has 0 fully saturated rings. The molecule has 0 aliphatic carbocycles. The molecule has 1 amide bonds. The Bertz CT molecular complexity index is 465. The molecule has 5 heteroatoms. The summed E-state index contributed by atoms with van der Waals surface area (Å²) < 4.78 is 4.43. The van der Waals surface area contributed by atoms with Crippen molar-refractivity contribution in [3.8, 4) is 0 Å². The summed E-state index contributed by atoms with van der Waals surface area (Å²) in [4.78, 5) is 34.0. The van der Waals surface area contributed by atoms with E-state index in [0.717, 1.165) is 5.56 Å². The average Bonchev–Trinajstić information content (AvgIpc) is 2.42. The molecule has 0 radical (unpaired) electrons. The summed E-state index contributed by atoms with van der Waals surface area (Å²) in [7, 11) is 1.27. The molecule has 19 heavy (non-hydrogen) atoms. The van der Waals surface area contributed by atoms with E-state index in [0.29, 0.717) is 5.56 Å². The zero-order chi connectivity index (χ0) is 14.3. The number of ketones is 1. The Morgan fingerprint density at radius 3 is 2.32 bits per heavy atom.